The molecule has 0 fully saturated rings. The molecule has 25 heavy (non-hydrogen) atoms. The number of carbonyl (C=O) groups is 1. The van der Waals surface area contributed by atoms with Crippen LogP contribution in [0.2, 0.25) is 0 Å². The fourth-order valence-corrected chi connectivity index (χ4v) is 3.35. The fourth-order valence-electron chi connectivity index (χ4n) is 2.44. The molecule has 0 aliphatic rings. The van der Waals surface area contributed by atoms with Crippen molar-refractivity contribution in [2.24, 2.45) is 0 Å². The van der Waals surface area contributed by atoms with Crippen LogP contribution in [0.5, 0.6) is 0 Å². The number of carbonyl (C=O) groups excluding carboxylic acids is 1. The molecule has 0 heterocycles. The molecule has 0 bridgehead atoms. The summed E-state index contributed by atoms with van der Waals surface area (Å²) in [7, 11) is -0.550. The van der Waals surface area contributed by atoms with Crippen LogP contribution < -0.4 is 5.32 Å². The van der Waals surface area contributed by atoms with Crippen molar-refractivity contribution >= 4 is 21.6 Å². The van der Waals surface area contributed by atoms with Gasteiger partial charge < -0.3 is 5.32 Å². The lowest BCUT2D eigenvalue weighted by Crippen LogP contribution is -2.22. The standard InChI is InChI=1S/C19H24N2O3S/c1-5-14(2)17-8-6-7-9-18(17)20-19(22)15-10-12-16(13-11-15)25(23,24)21(3)4/h6-14H,5H2,1-4H3,(H,20,22)/t14-/m1/s1. The normalized spacial score (nSPS) is 12.8. The molecular weight excluding hydrogens is 336 g/mol. The number of benzene rings is 2. The average molecular weight is 360 g/mol. The highest BCUT2D eigenvalue weighted by Gasteiger charge is 2.18. The van der Waals surface area contributed by atoms with Gasteiger partial charge >= 0.3 is 0 Å². The van der Waals surface area contributed by atoms with E-state index in [9.17, 15) is 13.2 Å². The lowest BCUT2D eigenvalue weighted by molar-refractivity contribution is 0.102. The van der Waals surface area contributed by atoms with E-state index in [1.807, 2.05) is 24.3 Å². The number of rotatable bonds is 6. The molecule has 0 spiro atoms. The van der Waals surface area contributed by atoms with Crippen molar-refractivity contribution in [1.29, 1.82) is 0 Å². The number of sulfonamides is 1. The molecule has 2 aromatic rings. The van der Waals surface area contributed by atoms with Crippen molar-refractivity contribution in [3.05, 3.63) is 59.7 Å². The zero-order valence-electron chi connectivity index (χ0n) is 15.0. The Morgan fingerprint density at radius 1 is 1.08 bits per heavy atom. The van der Waals surface area contributed by atoms with E-state index in [2.05, 4.69) is 19.2 Å². The summed E-state index contributed by atoms with van der Waals surface area (Å²) < 4.78 is 25.3. The minimum Gasteiger partial charge on any atom is -0.322 e. The van der Waals surface area contributed by atoms with E-state index < -0.39 is 10.0 Å². The summed E-state index contributed by atoms with van der Waals surface area (Å²) in [4.78, 5) is 12.7. The van der Waals surface area contributed by atoms with Crippen LogP contribution in [0, 0.1) is 0 Å². The Morgan fingerprint density at radius 3 is 2.24 bits per heavy atom. The van der Waals surface area contributed by atoms with Crippen molar-refractivity contribution in [3.8, 4) is 0 Å². The highest BCUT2D eigenvalue weighted by molar-refractivity contribution is 7.89. The third-order valence-electron chi connectivity index (χ3n) is 4.25. The molecule has 134 valence electrons. The van der Waals surface area contributed by atoms with Crippen molar-refractivity contribution in [2.45, 2.75) is 31.1 Å². The lowest BCUT2D eigenvalue weighted by atomic mass is 9.97. The first kappa shape index (κ1) is 19.1. The number of amides is 1. The summed E-state index contributed by atoms with van der Waals surface area (Å²) in [6, 6.07) is 13.7. The second kappa shape index (κ2) is 7.80. The van der Waals surface area contributed by atoms with Gasteiger partial charge in [0.15, 0.2) is 0 Å². The molecule has 1 amide bonds. The molecule has 1 atom stereocenters. The van der Waals surface area contributed by atoms with Gasteiger partial charge in [-0.25, -0.2) is 12.7 Å². The van der Waals surface area contributed by atoms with Crippen LogP contribution in [-0.2, 0) is 10.0 Å². The Hall–Kier alpha value is -2.18. The van der Waals surface area contributed by atoms with Crippen LogP contribution in [0.3, 0.4) is 0 Å². The number of nitrogens with zero attached hydrogens (tertiary/aromatic N) is 1. The SMILES string of the molecule is CC[C@@H](C)c1ccccc1NC(=O)c1ccc(S(=O)(=O)N(C)C)cc1. The van der Waals surface area contributed by atoms with Crippen molar-refractivity contribution in [3.63, 3.8) is 0 Å². The van der Waals surface area contributed by atoms with Crippen molar-refractivity contribution in [2.75, 3.05) is 19.4 Å². The molecule has 0 aliphatic heterocycles. The maximum atomic E-state index is 12.5. The molecule has 0 aromatic heterocycles. The average Bonchev–Trinajstić information content (AvgIpc) is 2.61. The summed E-state index contributed by atoms with van der Waals surface area (Å²) in [6.07, 6.45) is 0.976. The van der Waals surface area contributed by atoms with E-state index in [0.29, 0.717) is 11.5 Å². The van der Waals surface area contributed by atoms with Crippen LogP contribution >= 0.6 is 0 Å². The Balaban J connectivity index is 2.23. The van der Waals surface area contributed by atoms with E-state index in [1.54, 1.807) is 0 Å². The van der Waals surface area contributed by atoms with Gasteiger partial charge in [-0.1, -0.05) is 32.0 Å². The third-order valence-corrected chi connectivity index (χ3v) is 6.08. The first-order valence-corrected chi connectivity index (χ1v) is 9.64. The van der Waals surface area contributed by atoms with E-state index in [0.717, 1.165) is 22.0 Å². The molecule has 2 aromatic carbocycles. The van der Waals surface area contributed by atoms with Gasteiger partial charge in [0.05, 0.1) is 4.90 Å². The molecule has 1 N–H and O–H groups in total. The molecule has 0 saturated heterocycles. The molecule has 0 aliphatic carbocycles. The van der Waals surface area contributed by atoms with Crippen LogP contribution in [0.15, 0.2) is 53.4 Å². The molecular formula is C19H24N2O3S. The summed E-state index contributed by atoms with van der Waals surface area (Å²) in [5.74, 6) is 0.0775. The summed E-state index contributed by atoms with van der Waals surface area (Å²) in [6.45, 7) is 4.22. The lowest BCUT2D eigenvalue weighted by Gasteiger charge is -2.16. The van der Waals surface area contributed by atoms with Gasteiger partial charge in [0.2, 0.25) is 10.0 Å². The predicted molar refractivity (Wildman–Crippen MR) is 100 cm³/mol. The van der Waals surface area contributed by atoms with Crippen LogP contribution in [-0.4, -0.2) is 32.7 Å². The monoisotopic (exact) mass is 360 g/mol. The van der Waals surface area contributed by atoms with Gasteiger partial charge in [0, 0.05) is 25.3 Å². The Labute approximate surface area is 149 Å². The van der Waals surface area contributed by atoms with E-state index in [1.165, 1.54) is 38.4 Å². The smallest absolute Gasteiger partial charge is 0.255 e. The van der Waals surface area contributed by atoms with Gasteiger partial charge in [0.1, 0.15) is 0 Å². The number of para-hydroxylation sites is 1. The highest BCUT2D eigenvalue weighted by atomic mass is 32.2. The highest BCUT2D eigenvalue weighted by Crippen LogP contribution is 2.27. The van der Waals surface area contributed by atoms with E-state index in [-0.39, 0.29) is 10.8 Å². The molecule has 0 saturated carbocycles. The predicted octanol–water partition coefficient (Wildman–Crippen LogP) is 3.70. The number of hydrogen-bond acceptors (Lipinski definition) is 3. The van der Waals surface area contributed by atoms with E-state index in [4.69, 9.17) is 0 Å². The maximum absolute atomic E-state index is 12.5. The molecule has 2 rings (SSSR count). The topological polar surface area (TPSA) is 66.5 Å². The first-order valence-electron chi connectivity index (χ1n) is 8.20. The molecule has 5 nitrogen and oxygen atoms in total. The van der Waals surface area contributed by atoms with E-state index >= 15 is 0 Å². The van der Waals surface area contributed by atoms with Gasteiger partial charge in [-0.3, -0.25) is 4.79 Å². The van der Waals surface area contributed by atoms with Gasteiger partial charge in [-0.15, -0.1) is 0 Å². The molecule has 0 radical (unpaired) electrons. The zero-order chi connectivity index (χ0) is 18.6. The summed E-state index contributed by atoms with van der Waals surface area (Å²) in [5, 5.41) is 2.92. The molecule has 6 heteroatoms. The Bertz CT molecular complexity index is 843. The maximum Gasteiger partial charge on any atom is 0.255 e. The molecule has 0 unspecified atom stereocenters. The van der Waals surface area contributed by atoms with Gasteiger partial charge in [-0.05, 0) is 48.2 Å². The fraction of sp³-hybridized carbons (Fsp3) is 0.316. The van der Waals surface area contributed by atoms with Gasteiger partial charge in [0.25, 0.3) is 5.91 Å². The summed E-state index contributed by atoms with van der Waals surface area (Å²) in [5.41, 5.74) is 2.29. The Kier molecular flexibility index (Phi) is 5.98. The summed E-state index contributed by atoms with van der Waals surface area (Å²) >= 11 is 0. The second-order valence-electron chi connectivity index (χ2n) is 6.16. The Morgan fingerprint density at radius 2 is 1.68 bits per heavy atom. The second-order valence-corrected chi connectivity index (χ2v) is 8.31. The van der Waals surface area contributed by atoms with Crippen LogP contribution in [0.1, 0.15) is 42.1 Å². The number of anilines is 1. The number of hydrogen-bond donors (Lipinski definition) is 1. The largest absolute Gasteiger partial charge is 0.322 e. The van der Waals surface area contributed by atoms with Crippen LogP contribution in [0.4, 0.5) is 5.69 Å². The van der Waals surface area contributed by atoms with Crippen molar-refractivity contribution in [1.82, 2.24) is 4.31 Å². The minimum atomic E-state index is -3.50. The zero-order valence-corrected chi connectivity index (χ0v) is 15.8. The van der Waals surface area contributed by atoms with Gasteiger partial charge in [-0.2, -0.15) is 0 Å². The van der Waals surface area contributed by atoms with Crippen molar-refractivity contribution < 1.29 is 13.2 Å². The first-order chi connectivity index (χ1) is 11.8. The third kappa shape index (κ3) is 4.27. The minimum absolute atomic E-state index is 0.161. The number of nitrogens with one attached hydrogen (secondary N) is 1. The van der Waals surface area contributed by atoms with Crippen LogP contribution in [0.25, 0.3) is 0 Å². The quantitative estimate of drug-likeness (QED) is 0.854.